The van der Waals surface area contributed by atoms with Gasteiger partial charge in [0.25, 0.3) is 0 Å². The van der Waals surface area contributed by atoms with Gasteiger partial charge in [-0.2, -0.15) is 0 Å². The van der Waals surface area contributed by atoms with Gasteiger partial charge in [0, 0.05) is 6.04 Å². The van der Waals surface area contributed by atoms with Gasteiger partial charge in [-0.1, -0.05) is 30.3 Å². The first-order valence-electron chi connectivity index (χ1n) is 6.46. The number of benzene rings is 1. The molecule has 1 aliphatic carbocycles. The summed E-state index contributed by atoms with van der Waals surface area (Å²) in [5.41, 5.74) is 6.73. The minimum atomic E-state index is -0.634. The Morgan fingerprint density at radius 2 is 2.06 bits per heavy atom. The largest absolute Gasteiger partial charge is 0.393 e. The van der Waals surface area contributed by atoms with Crippen LogP contribution in [0.2, 0.25) is 0 Å². The number of amides is 1. The van der Waals surface area contributed by atoms with Crippen LogP contribution in [0.4, 0.5) is 0 Å². The molecule has 1 aliphatic rings. The molecule has 0 aromatic heterocycles. The number of carbonyl (C=O) groups excluding carboxylic acids is 1. The third-order valence-corrected chi connectivity index (χ3v) is 3.43. The molecule has 0 bridgehead atoms. The maximum Gasteiger partial charge on any atom is 0.241 e. The highest BCUT2D eigenvalue weighted by atomic mass is 16.3. The smallest absolute Gasteiger partial charge is 0.241 e. The van der Waals surface area contributed by atoms with Crippen molar-refractivity contribution in [1.82, 2.24) is 5.32 Å². The molecule has 1 aromatic rings. The Bertz CT molecular complexity index is 394. The third kappa shape index (κ3) is 3.31. The van der Waals surface area contributed by atoms with E-state index in [-0.39, 0.29) is 18.1 Å². The summed E-state index contributed by atoms with van der Waals surface area (Å²) in [5.74, 6) is -0.166. The van der Waals surface area contributed by atoms with Crippen LogP contribution in [0.5, 0.6) is 0 Å². The van der Waals surface area contributed by atoms with Crippen molar-refractivity contribution in [2.75, 3.05) is 0 Å². The predicted molar refractivity (Wildman–Crippen MR) is 69.8 cm³/mol. The van der Waals surface area contributed by atoms with E-state index >= 15 is 0 Å². The summed E-state index contributed by atoms with van der Waals surface area (Å²) < 4.78 is 0. The second kappa shape index (κ2) is 5.98. The Hall–Kier alpha value is -1.39. The summed E-state index contributed by atoms with van der Waals surface area (Å²) in [6.45, 7) is 0. The average Bonchev–Trinajstić information content (AvgIpc) is 2.39. The molecule has 0 heterocycles. The number of aliphatic hydroxyl groups is 1. The Labute approximate surface area is 107 Å². The van der Waals surface area contributed by atoms with Crippen LogP contribution in [0.25, 0.3) is 0 Å². The van der Waals surface area contributed by atoms with Gasteiger partial charge in [-0.15, -0.1) is 0 Å². The van der Waals surface area contributed by atoms with Gasteiger partial charge in [0.2, 0.25) is 5.91 Å². The molecule has 1 aromatic carbocycles. The minimum Gasteiger partial charge on any atom is -0.393 e. The van der Waals surface area contributed by atoms with E-state index in [2.05, 4.69) is 5.32 Å². The van der Waals surface area contributed by atoms with E-state index in [1.54, 1.807) is 0 Å². The number of nitrogens with one attached hydrogen (secondary N) is 1. The quantitative estimate of drug-likeness (QED) is 0.750. The SMILES string of the molecule is NC(C(=O)NC1CCCC(O)C1)c1ccccc1. The van der Waals surface area contributed by atoms with Crippen molar-refractivity contribution in [2.24, 2.45) is 5.73 Å². The van der Waals surface area contributed by atoms with E-state index in [9.17, 15) is 9.90 Å². The average molecular weight is 248 g/mol. The zero-order valence-electron chi connectivity index (χ0n) is 10.4. The predicted octanol–water partition coefficient (Wildman–Crippen LogP) is 1.11. The lowest BCUT2D eigenvalue weighted by Crippen LogP contribution is -2.43. The Balaban J connectivity index is 1.91. The molecule has 0 aliphatic heterocycles. The summed E-state index contributed by atoms with van der Waals surface area (Å²) in [7, 11) is 0. The van der Waals surface area contributed by atoms with E-state index in [1.165, 1.54) is 0 Å². The third-order valence-electron chi connectivity index (χ3n) is 3.43. The first kappa shape index (κ1) is 13.1. The molecule has 18 heavy (non-hydrogen) atoms. The molecule has 2 rings (SSSR count). The zero-order chi connectivity index (χ0) is 13.0. The summed E-state index contributed by atoms with van der Waals surface area (Å²) in [4.78, 5) is 12.0. The lowest BCUT2D eigenvalue weighted by molar-refractivity contribution is -0.123. The summed E-state index contributed by atoms with van der Waals surface area (Å²) in [6.07, 6.45) is 3.04. The molecule has 1 fully saturated rings. The monoisotopic (exact) mass is 248 g/mol. The summed E-state index contributed by atoms with van der Waals surface area (Å²) >= 11 is 0. The number of carbonyl (C=O) groups is 1. The van der Waals surface area contributed by atoms with Crippen molar-refractivity contribution in [2.45, 2.75) is 43.9 Å². The second-order valence-corrected chi connectivity index (χ2v) is 4.91. The maximum absolute atomic E-state index is 12.0. The molecule has 98 valence electrons. The van der Waals surface area contributed by atoms with Gasteiger partial charge in [-0.05, 0) is 31.2 Å². The summed E-state index contributed by atoms with van der Waals surface area (Å²) in [5, 5.41) is 12.5. The van der Waals surface area contributed by atoms with Crippen LogP contribution < -0.4 is 11.1 Å². The van der Waals surface area contributed by atoms with Gasteiger partial charge in [0.05, 0.1) is 6.10 Å². The van der Waals surface area contributed by atoms with E-state index in [1.807, 2.05) is 30.3 Å². The molecule has 0 radical (unpaired) electrons. The fourth-order valence-electron chi connectivity index (χ4n) is 2.40. The van der Waals surface area contributed by atoms with Gasteiger partial charge in [0.15, 0.2) is 0 Å². The minimum absolute atomic E-state index is 0.0519. The van der Waals surface area contributed by atoms with Gasteiger partial charge >= 0.3 is 0 Å². The van der Waals surface area contributed by atoms with E-state index in [0.717, 1.165) is 24.8 Å². The van der Waals surface area contributed by atoms with E-state index < -0.39 is 6.04 Å². The maximum atomic E-state index is 12.0. The number of hydrogen-bond acceptors (Lipinski definition) is 3. The molecular weight excluding hydrogens is 228 g/mol. The molecular formula is C14H20N2O2. The van der Waals surface area contributed by atoms with Crippen LogP contribution in [0.15, 0.2) is 30.3 Å². The molecule has 4 heteroatoms. The normalized spacial score (nSPS) is 25.4. The van der Waals surface area contributed by atoms with Crippen LogP contribution in [-0.2, 0) is 4.79 Å². The highest BCUT2D eigenvalue weighted by Crippen LogP contribution is 2.19. The van der Waals surface area contributed by atoms with Gasteiger partial charge in [-0.3, -0.25) is 4.79 Å². The zero-order valence-corrected chi connectivity index (χ0v) is 10.4. The van der Waals surface area contributed by atoms with Crippen molar-refractivity contribution >= 4 is 5.91 Å². The van der Waals surface area contributed by atoms with E-state index in [4.69, 9.17) is 5.73 Å². The van der Waals surface area contributed by atoms with E-state index in [0.29, 0.717) is 6.42 Å². The number of nitrogens with two attached hydrogens (primary N) is 1. The molecule has 1 amide bonds. The van der Waals surface area contributed by atoms with Gasteiger partial charge < -0.3 is 16.2 Å². The molecule has 1 saturated carbocycles. The first-order chi connectivity index (χ1) is 8.66. The lowest BCUT2D eigenvalue weighted by atomic mass is 9.92. The van der Waals surface area contributed by atoms with Crippen molar-refractivity contribution in [3.8, 4) is 0 Å². The molecule has 4 N–H and O–H groups in total. The number of aliphatic hydroxyl groups excluding tert-OH is 1. The Morgan fingerprint density at radius 1 is 1.33 bits per heavy atom. The van der Waals surface area contributed by atoms with Crippen molar-refractivity contribution < 1.29 is 9.90 Å². The van der Waals surface area contributed by atoms with Crippen LogP contribution in [-0.4, -0.2) is 23.2 Å². The van der Waals surface area contributed by atoms with Gasteiger partial charge in [0.1, 0.15) is 6.04 Å². The molecule has 0 spiro atoms. The Kier molecular flexibility index (Phi) is 4.33. The van der Waals surface area contributed by atoms with Crippen LogP contribution in [0.1, 0.15) is 37.3 Å². The highest BCUT2D eigenvalue weighted by Gasteiger charge is 2.24. The van der Waals surface area contributed by atoms with Crippen molar-refractivity contribution in [3.05, 3.63) is 35.9 Å². The first-order valence-corrected chi connectivity index (χ1v) is 6.46. The summed E-state index contributed by atoms with van der Waals surface area (Å²) in [6, 6.07) is 8.74. The van der Waals surface area contributed by atoms with Gasteiger partial charge in [-0.25, -0.2) is 0 Å². The standard InChI is InChI=1S/C14H20N2O2/c15-13(10-5-2-1-3-6-10)14(18)16-11-7-4-8-12(17)9-11/h1-3,5-6,11-13,17H,4,7-9,15H2,(H,16,18). The number of hydrogen-bond donors (Lipinski definition) is 3. The molecule has 4 nitrogen and oxygen atoms in total. The van der Waals surface area contributed by atoms with Crippen LogP contribution in [0, 0.1) is 0 Å². The molecule has 3 unspecified atom stereocenters. The fourth-order valence-corrected chi connectivity index (χ4v) is 2.40. The molecule has 0 saturated heterocycles. The second-order valence-electron chi connectivity index (χ2n) is 4.91. The topological polar surface area (TPSA) is 75.4 Å². The Morgan fingerprint density at radius 3 is 2.72 bits per heavy atom. The van der Waals surface area contributed by atoms with Crippen LogP contribution >= 0.6 is 0 Å². The number of rotatable bonds is 3. The highest BCUT2D eigenvalue weighted by molar-refractivity contribution is 5.83. The fraction of sp³-hybridized carbons (Fsp3) is 0.500. The molecule has 3 atom stereocenters. The van der Waals surface area contributed by atoms with Crippen molar-refractivity contribution in [3.63, 3.8) is 0 Å². The van der Waals surface area contributed by atoms with Crippen LogP contribution in [0.3, 0.4) is 0 Å². The lowest BCUT2D eigenvalue weighted by Gasteiger charge is -2.27. The van der Waals surface area contributed by atoms with Crippen molar-refractivity contribution in [1.29, 1.82) is 0 Å².